The Morgan fingerprint density at radius 2 is 2.22 bits per heavy atom. The van der Waals surface area contributed by atoms with Crippen molar-refractivity contribution in [3.05, 3.63) is 47.2 Å². The molecule has 1 atom stereocenters. The molecule has 0 saturated carbocycles. The number of anilines is 1. The van der Waals surface area contributed by atoms with Gasteiger partial charge in [0.2, 0.25) is 0 Å². The Balaban J connectivity index is 1.62. The third-order valence-corrected chi connectivity index (χ3v) is 4.40. The summed E-state index contributed by atoms with van der Waals surface area (Å²) in [6, 6.07) is 9.34. The fourth-order valence-electron chi connectivity index (χ4n) is 3.06. The number of fused-ring (bicyclic) bond motifs is 1. The Kier molecular flexibility index (Phi) is 4.09. The quantitative estimate of drug-likeness (QED) is 0.807. The third kappa shape index (κ3) is 3.07. The average molecular weight is 314 g/mol. The Labute approximate surface area is 135 Å². The number of aryl methyl sites for hydroxylation is 3. The van der Waals surface area contributed by atoms with Gasteiger partial charge in [-0.25, -0.2) is 4.79 Å². The van der Waals surface area contributed by atoms with Crippen molar-refractivity contribution in [1.82, 2.24) is 15.1 Å². The number of urea groups is 1. The Morgan fingerprint density at radius 3 is 2.96 bits per heavy atom. The van der Waals surface area contributed by atoms with E-state index in [9.17, 15) is 9.90 Å². The fraction of sp³-hybridized carbons (Fsp3) is 0.412. The minimum Gasteiger partial charge on any atom is -0.383 e. The van der Waals surface area contributed by atoms with Crippen molar-refractivity contribution in [2.75, 3.05) is 11.9 Å². The van der Waals surface area contributed by atoms with Gasteiger partial charge >= 0.3 is 6.03 Å². The molecule has 6 nitrogen and oxygen atoms in total. The van der Waals surface area contributed by atoms with E-state index in [1.807, 2.05) is 37.3 Å². The molecular formula is C17H22N4O2. The van der Waals surface area contributed by atoms with E-state index in [0.29, 0.717) is 12.2 Å². The number of nitrogens with zero attached hydrogens (tertiary/aromatic N) is 2. The number of carbonyl (C=O) groups excluding carboxylic acids is 1. The van der Waals surface area contributed by atoms with Crippen LogP contribution in [0, 0.1) is 0 Å². The maximum atomic E-state index is 12.1. The maximum absolute atomic E-state index is 12.1. The predicted octanol–water partition coefficient (Wildman–Crippen LogP) is 1.94. The van der Waals surface area contributed by atoms with Gasteiger partial charge in [-0.2, -0.15) is 5.10 Å². The number of hydrogen-bond donors (Lipinski definition) is 3. The zero-order chi connectivity index (χ0) is 16.4. The van der Waals surface area contributed by atoms with Crippen molar-refractivity contribution in [3.63, 3.8) is 0 Å². The molecule has 1 aliphatic carbocycles. The predicted molar refractivity (Wildman–Crippen MR) is 88.3 cm³/mol. The lowest BCUT2D eigenvalue weighted by atomic mass is 9.96. The smallest absolute Gasteiger partial charge is 0.320 e. The minimum atomic E-state index is -0.991. The highest BCUT2D eigenvalue weighted by Gasteiger charge is 2.36. The number of rotatable bonds is 4. The normalized spacial score (nSPS) is 19.4. The van der Waals surface area contributed by atoms with E-state index < -0.39 is 5.60 Å². The monoisotopic (exact) mass is 314 g/mol. The molecule has 3 rings (SSSR count). The van der Waals surface area contributed by atoms with E-state index in [-0.39, 0.29) is 12.6 Å². The lowest BCUT2D eigenvalue weighted by molar-refractivity contribution is 0.0417. The van der Waals surface area contributed by atoms with E-state index in [2.05, 4.69) is 15.7 Å². The van der Waals surface area contributed by atoms with Gasteiger partial charge in [-0.1, -0.05) is 31.2 Å². The second-order valence-corrected chi connectivity index (χ2v) is 5.99. The van der Waals surface area contributed by atoms with Crippen LogP contribution in [0.3, 0.4) is 0 Å². The molecule has 6 heteroatoms. The van der Waals surface area contributed by atoms with E-state index in [1.165, 1.54) is 0 Å². The molecule has 1 heterocycles. The second-order valence-electron chi connectivity index (χ2n) is 5.99. The first kappa shape index (κ1) is 15.6. The van der Waals surface area contributed by atoms with Crippen molar-refractivity contribution in [2.45, 2.75) is 31.8 Å². The van der Waals surface area contributed by atoms with E-state index in [1.54, 1.807) is 11.7 Å². The lowest BCUT2D eigenvalue weighted by Gasteiger charge is -2.24. The maximum Gasteiger partial charge on any atom is 0.320 e. The summed E-state index contributed by atoms with van der Waals surface area (Å²) in [6.45, 7) is 2.20. The third-order valence-electron chi connectivity index (χ3n) is 4.40. The Morgan fingerprint density at radius 1 is 1.43 bits per heavy atom. The first-order chi connectivity index (χ1) is 11.0. The van der Waals surface area contributed by atoms with Gasteiger partial charge in [-0.15, -0.1) is 0 Å². The van der Waals surface area contributed by atoms with Crippen LogP contribution in [-0.2, 0) is 25.5 Å². The van der Waals surface area contributed by atoms with Crippen molar-refractivity contribution in [2.24, 2.45) is 7.05 Å². The molecule has 0 saturated heterocycles. The van der Waals surface area contributed by atoms with Crippen molar-refractivity contribution >= 4 is 11.8 Å². The van der Waals surface area contributed by atoms with E-state index >= 15 is 0 Å². The molecule has 2 aromatic rings. The first-order valence-electron chi connectivity index (χ1n) is 7.90. The summed E-state index contributed by atoms with van der Waals surface area (Å²) in [5.74, 6) is 0.637. The number of amides is 2. The summed E-state index contributed by atoms with van der Waals surface area (Å²) >= 11 is 0. The molecule has 122 valence electrons. The van der Waals surface area contributed by atoms with Crippen LogP contribution >= 0.6 is 0 Å². The molecule has 1 aromatic carbocycles. The molecule has 1 aliphatic rings. The van der Waals surface area contributed by atoms with E-state index in [4.69, 9.17) is 0 Å². The van der Waals surface area contributed by atoms with Crippen LogP contribution < -0.4 is 10.6 Å². The van der Waals surface area contributed by atoms with E-state index in [0.717, 1.165) is 29.7 Å². The van der Waals surface area contributed by atoms with Crippen LogP contribution in [0.15, 0.2) is 30.3 Å². The topological polar surface area (TPSA) is 79.2 Å². The molecule has 3 N–H and O–H groups in total. The van der Waals surface area contributed by atoms with Gasteiger partial charge in [-0.05, 0) is 30.4 Å². The SMILES string of the molecule is CCc1cc(NC(=O)NCC2(O)CCc3ccccc32)n(C)n1. The van der Waals surface area contributed by atoms with Crippen LogP contribution in [0.4, 0.5) is 10.6 Å². The largest absolute Gasteiger partial charge is 0.383 e. The van der Waals surface area contributed by atoms with Gasteiger partial charge < -0.3 is 10.4 Å². The highest BCUT2D eigenvalue weighted by molar-refractivity contribution is 5.88. The molecule has 0 spiro atoms. The first-order valence-corrected chi connectivity index (χ1v) is 7.90. The molecule has 1 aromatic heterocycles. The van der Waals surface area contributed by atoms with Crippen LogP contribution in [0.1, 0.15) is 30.2 Å². The van der Waals surface area contributed by atoms with Gasteiger partial charge in [0.15, 0.2) is 0 Å². The second kappa shape index (κ2) is 6.04. The van der Waals surface area contributed by atoms with Gasteiger partial charge in [0.25, 0.3) is 0 Å². The van der Waals surface area contributed by atoms with Crippen molar-refractivity contribution in [1.29, 1.82) is 0 Å². The highest BCUT2D eigenvalue weighted by Crippen LogP contribution is 2.36. The number of aliphatic hydroxyl groups is 1. The molecule has 23 heavy (non-hydrogen) atoms. The molecule has 0 radical (unpaired) electrons. The molecule has 2 amide bonds. The summed E-state index contributed by atoms with van der Waals surface area (Å²) < 4.78 is 1.64. The average Bonchev–Trinajstić information content (AvgIpc) is 3.07. The van der Waals surface area contributed by atoms with Gasteiger partial charge in [0.1, 0.15) is 11.4 Å². The van der Waals surface area contributed by atoms with Gasteiger partial charge in [-0.3, -0.25) is 10.00 Å². The summed E-state index contributed by atoms with van der Waals surface area (Å²) in [6.07, 6.45) is 2.27. The number of nitrogens with one attached hydrogen (secondary N) is 2. The minimum absolute atomic E-state index is 0.189. The number of hydrogen-bond acceptors (Lipinski definition) is 3. The summed E-state index contributed by atoms with van der Waals surface area (Å²) in [5, 5.41) is 20.6. The molecule has 0 aliphatic heterocycles. The highest BCUT2D eigenvalue weighted by atomic mass is 16.3. The lowest BCUT2D eigenvalue weighted by Crippen LogP contribution is -2.41. The van der Waals surface area contributed by atoms with Crippen LogP contribution in [0.5, 0.6) is 0 Å². The standard InChI is InChI=1S/C17H22N4O2/c1-3-13-10-15(21(2)20-13)19-16(22)18-11-17(23)9-8-12-6-4-5-7-14(12)17/h4-7,10,23H,3,8-9,11H2,1-2H3,(H2,18,19,22). The van der Waals surface area contributed by atoms with Crippen LogP contribution in [0.25, 0.3) is 0 Å². The summed E-state index contributed by atoms with van der Waals surface area (Å²) in [7, 11) is 1.79. The summed E-state index contributed by atoms with van der Waals surface area (Å²) in [4.78, 5) is 12.1. The zero-order valence-corrected chi connectivity index (χ0v) is 13.5. The number of aromatic nitrogens is 2. The van der Waals surface area contributed by atoms with Gasteiger partial charge in [0, 0.05) is 13.1 Å². The van der Waals surface area contributed by atoms with Crippen LogP contribution in [0.2, 0.25) is 0 Å². The van der Waals surface area contributed by atoms with Crippen LogP contribution in [-0.4, -0.2) is 27.5 Å². The Hall–Kier alpha value is -2.34. The van der Waals surface area contributed by atoms with Crippen molar-refractivity contribution in [3.8, 4) is 0 Å². The van der Waals surface area contributed by atoms with Crippen molar-refractivity contribution < 1.29 is 9.90 Å². The molecule has 0 bridgehead atoms. The number of benzene rings is 1. The molecule has 1 unspecified atom stereocenters. The fourth-order valence-corrected chi connectivity index (χ4v) is 3.06. The summed E-state index contributed by atoms with van der Waals surface area (Å²) in [5.41, 5.74) is 1.99. The molecule has 0 fully saturated rings. The zero-order valence-electron chi connectivity index (χ0n) is 13.5. The number of carbonyl (C=O) groups is 1. The van der Waals surface area contributed by atoms with Gasteiger partial charge in [0.05, 0.1) is 12.2 Å². The Bertz CT molecular complexity index is 725. The molecular weight excluding hydrogens is 292 g/mol.